The van der Waals surface area contributed by atoms with Crippen molar-refractivity contribution >= 4 is 11.8 Å². The molecule has 0 spiro atoms. The lowest BCUT2D eigenvalue weighted by atomic mass is 10.0. The summed E-state index contributed by atoms with van der Waals surface area (Å²) in [4.78, 5) is 18.5. The Balaban J connectivity index is 2.66. The first-order valence-electron chi connectivity index (χ1n) is 4.76. The first kappa shape index (κ1) is 11.9. The van der Waals surface area contributed by atoms with Crippen LogP contribution < -0.4 is 5.32 Å². The van der Waals surface area contributed by atoms with Gasteiger partial charge in [0, 0.05) is 6.04 Å². The van der Waals surface area contributed by atoms with Crippen molar-refractivity contribution in [3.8, 4) is 6.07 Å². The average molecular weight is 220 g/mol. The van der Waals surface area contributed by atoms with E-state index in [4.69, 9.17) is 10.4 Å². The van der Waals surface area contributed by atoms with E-state index in [1.807, 2.05) is 6.07 Å². The number of nitrogens with zero attached hydrogens (tertiary/aromatic N) is 3. The summed E-state index contributed by atoms with van der Waals surface area (Å²) in [5.74, 6) is -0.946. The van der Waals surface area contributed by atoms with Crippen LogP contribution in [0.25, 0.3) is 0 Å². The van der Waals surface area contributed by atoms with Crippen LogP contribution in [-0.4, -0.2) is 27.1 Å². The second kappa shape index (κ2) is 5.07. The maximum Gasteiger partial charge on any atom is 0.308 e. The highest BCUT2D eigenvalue weighted by Gasteiger charge is 2.19. The van der Waals surface area contributed by atoms with Gasteiger partial charge >= 0.3 is 5.97 Å². The second-order valence-corrected chi connectivity index (χ2v) is 3.46. The summed E-state index contributed by atoms with van der Waals surface area (Å²) in [5, 5.41) is 20.2. The third-order valence-corrected chi connectivity index (χ3v) is 2.28. The molecule has 0 saturated heterocycles. The minimum absolute atomic E-state index is 0.226. The zero-order valence-corrected chi connectivity index (χ0v) is 9.01. The standard InChI is InChI=1S/C10H12N4O2/c1-6(10(15)16)7(2)14-9-5-12-8(3-11)4-13-9/h4-7H,1-2H3,(H,13,14)(H,15,16). The highest BCUT2D eigenvalue weighted by atomic mass is 16.4. The number of aromatic nitrogens is 2. The Kier molecular flexibility index (Phi) is 3.78. The number of rotatable bonds is 4. The van der Waals surface area contributed by atoms with Crippen molar-refractivity contribution in [1.29, 1.82) is 5.26 Å². The van der Waals surface area contributed by atoms with Crippen LogP contribution in [0.4, 0.5) is 5.82 Å². The molecule has 1 aromatic rings. The molecule has 2 N–H and O–H groups in total. The first-order chi connectivity index (χ1) is 7.54. The van der Waals surface area contributed by atoms with Crippen LogP contribution in [0.1, 0.15) is 19.5 Å². The van der Waals surface area contributed by atoms with E-state index < -0.39 is 11.9 Å². The number of nitriles is 1. The van der Waals surface area contributed by atoms with Gasteiger partial charge in [0.1, 0.15) is 11.9 Å². The molecule has 2 atom stereocenters. The Morgan fingerprint density at radius 2 is 2.19 bits per heavy atom. The summed E-state index contributed by atoms with van der Waals surface area (Å²) in [6.45, 7) is 3.36. The Morgan fingerprint density at radius 3 is 2.62 bits per heavy atom. The van der Waals surface area contributed by atoms with Crippen LogP contribution in [0.2, 0.25) is 0 Å². The molecule has 0 aliphatic heterocycles. The van der Waals surface area contributed by atoms with Gasteiger partial charge in [-0.3, -0.25) is 4.79 Å². The molecule has 1 aromatic heterocycles. The van der Waals surface area contributed by atoms with Crippen molar-refractivity contribution in [3.05, 3.63) is 18.1 Å². The van der Waals surface area contributed by atoms with E-state index in [2.05, 4.69) is 15.3 Å². The van der Waals surface area contributed by atoms with Crippen LogP contribution >= 0.6 is 0 Å². The molecule has 0 bridgehead atoms. The normalized spacial score (nSPS) is 13.6. The van der Waals surface area contributed by atoms with E-state index in [9.17, 15) is 4.79 Å². The number of anilines is 1. The number of aliphatic carboxylic acids is 1. The quantitative estimate of drug-likeness (QED) is 0.781. The fourth-order valence-electron chi connectivity index (χ4n) is 1.03. The Bertz CT molecular complexity index is 410. The summed E-state index contributed by atoms with van der Waals surface area (Å²) in [5.41, 5.74) is 0.226. The van der Waals surface area contributed by atoms with Crippen molar-refractivity contribution in [2.24, 2.45) is 5.92 Å². The third kappa shape index (κ3) is 2.92. The molecule has 16 heavy (non-hydrogen) atoms. The van der Waals surface area contributed by atoms with E-state index >= 15 is 0 Å². The maximum atomic E-state index is 10.7. The van der Waals surface area contributed by atoms with Gasteiger partial charge in [-0.15, -0.1) is 0 Å². The highest BCUT2D eigenvalue weighted by molar-refractivity contribution is 5.70. The van der Waals surface area contributed by atoms with Crippen LogP contribution in [0.3, 0.4) is 0 Å². The summed E-state index contributed by atoms with van der Waals surface area (Å²) in [7, 11) is 0. The molecule has 6 nitrogen and oxygen atoms in total. The lowest BCUT2D eigenvalue weighted by molar-refractivity contribution is -0.141. The summed E-state index contributed by atoms with van der Waals surface area (Å²) in [6, 6.07) is 1.59. The fraction of sp³-hybridized carbons (Fsp3) is 0.400. The number of carboxylic acids is 1. The third-order valence-electron chi connectivity index (χ3n) is 2.28. The zero-order chi connectivity index (χ0) is 12.1. The van der Waals surface area contributed by atoms with Gasteiger partial charge in [0.05, 0.1) is 18.3 Å². The van der Waals surface area contributed by atoms with E-state index in [0.29, 0.717) is 5.82 Å². The van der Waals surface area contributed by atoms with Crippen LogP contribution in [0.15, 0.2) is 12.4 Å². The number of nitrogens with one attached hydrogen (secondary N) is 1. The summed E-state index contributed by atoms with van der Waals surface area (Å²) < 4.78 is 0. The minimum Gasteiger partial charge on any atom is -0.481 e. The van der Waals surface area contributed by atoms with Gasteiger partial charge in [0.25, 0.3) is 0 Å². The molecule has 1 heterocycles. The smallest absolute Gasteiger partial charge is 0.308 e. The lowest BCUT2D eigenvalue weighted by Gasteiger charge is -2.17. The molecule has 6 heteroatoms. The molecule has 0 aliphatic carbocycles. The van der Waals surface area contributed by atoms with E-state index in [1.165, 1.54) is 12.4 Å². The van der Waals surface area contributed by atoms with Crippen LogP contribution in [0, 0.1) is 17.2 Å². The molecule has 1 rings (SSSR count). The van der Waals surface area contributed by atoms with E-state index in [-0.39, 0.29) is 11.7 Å². The Labute approximate surface area is 93.0 Å². The number of hydrogen-bond donors (Lipinski definition) is 2. The lowest BCUT2D eigenvalue weighted by Crippen LogP contribution is -2.30. The minimum atomic E-state index is -0.874. The summed E-state index contributed by atoms with van der Waals surface area (Å²) in [6.07, 6.45) is 2.74. The van der Waals surface area contributed by atoms with Crippen molar-refractivity contribution in [1.82, 2.24) is 9.97 Å². The molecule has 0 aliphatic rings. The van der Waals surface area contributed by atoms with Gasteiger partial charge < -0.3 is 10.4 Å². The molecule has 2 unspecified atom stereocenters. The number of carbonyl (C=O) groups is 1. The van der Waals surface area contributed by atoms with Gasteiger partial charge in [-0.1, -0.05) is 0 Å². The van der Waals surface area contributed by atoms with Gasteiger partial charge in [-0.05, 0) is 13.8 Å². The first-order valence-corrected chi connectivity index (χ1v) is 4.76. The zero-order valence-electron chi connectivity index (χ0n) is 9.01. The van der Waals surface area contributed by atoms with Gasteiger partial charge in [0.15, 0.2) is 5.69 Å². The molecular formula is C10H12N4O2. The largest absolute Gasteiger partial charge is 0.481 e. The van der Waals surface area contributed by atoms with E-state index in [0.717, 1.165) is 0 Å². The molecule has 0 aromatic carbocycles. The SMILES string of the molecule is CC(Nc1cnc(C#N)cn1)C(C)C(=O)O. The fourth-order valence-corrected chi connectivity index (χ4v) is 1.03. The van der Waals surface area contributed by atoms with Gasteiger partial charge in [-0.25, -0.2) is 9.97 Å². The monoisotopic (exact) mass is 220 g/mol. The Morgan fingerprint density at radius 1 is 1.50 bits per heavy atom. The number of carboxylic acid groups (broad SMARTS) is 1. The molecule has 0 radical (unpaired) electrons. The van der Waals surface area contributed by atoms with Crippen LogP contribution in [-0.2, 0) is 4.79 Å². The molecular weight excluding hydrogens is 208 g/mol. The predicted octanol–water partition coefficient (Wildman–Crippen LogP) is 0.869. The highest BCUT2D eigenvalue weighted by Crippen LogP contribution is 2.09. The van der Waals surface area contributed by atoms with Gasteiger partial charge in [0.2, 0.25) is 0 Å². The molecule has 84 valence electrons. The number of hydrogen-bond acceptors (Lipinski definition) is 5. The van der Waals surface area contributed by atoms with Crippen LogP contribution in [0.5, 0.6) is 0 Å². The van der Waals surface area contributed by atoms with Crippen molar-refractivity contribution in [2.75, 3.05) is 5.32 Å². The van der Waals surface area contributed by atoms with Gasteiger partial charge in [-0.2, -0.15) is 5.26 Å². The summed E-state index contributed by atoms with van der Waals surface area (Å²) >= 11 is 0. The Hall–Kier alpha value is -2.16. The molecule has 0 saturated carbocycles. The molecule has 0 fully saturated rings. The maximum absolute atomic E-state index is 10.7. The average Bonchev–Trinajstić information content (AvgIpc) is 2.28. The second-order valence-electron chi connectivity index (χ2n) is 3.46. The van der Waals surface area contributed by atoms with Crippen molar-refractivity contribution in [3.63, 3.8) is 0 Å². The van der Waals surface area contributed by atoms with Crippen molar-refractivity contribution in [2.45, 2.75) is 19.9 Å². The van der Waals surface area contributed by atoms with E-state index in [1.54, 1.807) is 13.8 Å². The molecule has 0 amide bonds. The van der Waals surface area contributed by atoms with Crippen molar-refractivity contribution < 1.29 is 9.90 Å². The topological polar surface area (TPSA) is 98.9 Å². The predicted molar refractivity (Wildman–Crippen MR) is 56.6 cm³/mol.